The van der Waals surface area contributed by atoms with E-state index in [1.165, 1.54) is 36.2 Å². The van der Waals surface area contributed by atoms with E-state index in [2.05, 4.69) is 4.90 Å². The molecule has 1 saturated heterocycles. The Balaban J connectivity index is 1.76. The van der Waals surface area contributed by atoms with Crippen molar-refractivity contribution in [2.75, 3.05) is 30.2 Å². The Hall–Kier alpha value is -1.11. The van der Waals surface area contributed by atoms with Crippen LogP contribution in [0.4, 0.5) is 5.69 Å². The molecule has 1 N–H and O–H groups in total. The molecule has 6 heteroatoms. The average Bonchev–Trinajstić information content (AvgIpc) is 2.66. The molecule has 0 unspecified atom stereocenters. The van der Waals surface area contributed by atoms with Crippen LogP contribution in [0.5, 0.6) is 0 Å². The van der Waals surface area contributed by atoms with Crippen LogP contribution < -0.4 is 4.31 Å². The number of hydrogen-bond acceptors (Lipinski definition) is 4. The van der Waals surface area contributed by atoms with Crippen molar-refractivity contribution in [1.29, 1.82) is 0 Å². The second-order valence-electron chi connectivity index (χ2n) is 7.23. The zero-order chi connectivity index (χ0) is 17.3. The molecule has 0 spiro atoms. The zero-order valence-corrected chi connectivity index (χ0v) is 15.4. The minimum Gasteiger partial charge on any atom is -0.387 e. The van der Waals surface area contributed by atoms with E-state index in [1.54, 1.807) is 0 Å². The van der Waals surface area contributed by atoms with Crippen LogP contribution in [0.3, 0.4) is 0 Å². The summed E-state index contributed by atoms with van der Waals surface area (Å²) in [6, 6.07) is 5.64. The summed E-state index contributed by atoms with van der Waals surface area (Å²) in [6.45, 7) is 4.69. The molecule has 1 aromatic rings. The van der Waals surface area contributed by atoms with Gasteiger partial charge in [0.1, 0.15) is 0 Å². The smallest absolute Gasteiger partial charge is 0.232 e. The van der Waals surface area contributed by atoms with E-state index in [0.717, 1.165) is 29.9 Å². The molecule has 2 atom stereocenters. The van der Waals surface area contributed by atoms with Crippen LogP contribution in [0.2, 0.25) is 0 Å². The van der Waals surface area contributed by atoms with Crippen LogP contribution in [0.15, 0.2) is 18.2 Å². The number of β-amino-alcohol motifs (C(OH)–C–C–N with tert-alkyl or cyclic N) is 1. The summed E-state index contributed by atoms with van der Waals surface area (Å²) in [5, 5.41) is 10.6. The first kappa shape index (κ1) is 17.7. The molecule has 2 aliphatic rings. The summed E-state index contributed by atoms with van der Waals surface area (Å²) in [5.74, 6) is 0. The lowest BCUT2D eigenvalue weighted by Gasteiger charge is -2.24. The molecule has 0 saturated carbocycles. The van der Waals surface area contributed by atoms with Gasteiger partial charge in [0, 0.05) is 12.6 Å². The first-order valence-corrected chi connectivity index (χ1v) is 10.7. The third-order valence-corrected chi connectivity index (χ3v) is 6.40. The Morgan fingerprint density at radius 2 is 1.88 bits per heavy atom. The van der Waals surface area contributed by atoms with Gasteiger partial charge in [0.25, 0.3) is 0 Å². The van der Waals surface area contributed by atoms with Crippen molar-refractivity contribution >= 4 is 15.7 Å². The van der Waals surface area contributed by atoms with E-state index >= 15 is 0 Å². The number of sulfonamides is 1. The van der Waals surface area contributed by atoms with Crippen molar-refractivity contribution < 1.29 is 13.5 Å². The number of aliphatic hydroxyl groups is 1. The maximum absolute atomic E-state index is 12.0. The van der Waals surface area contributed by atoms with Gasteiger partial charge in [-0.3, -0.25) is 4.31 Å². The molecule has 134 valence electrons. The van der Waals surface area contributed by atoms with Gasteiger partial charge in [-0.15, -0.1) is 0 Å². The summed E-state index contributed by atoms with van der Waals surface area (Å²) >= 11 is 0. The number of nitrogens with zero attached hydrogens (tertiary/aromatic N) is 2. The number of fused-ring (bicyclic) bond motifs is 1. The second-order valence-corrected chi connectivity index (χ2v) is 9.09. The molecule has 0 amide bonds. The third kappa shape index (κ3) is 3.76. The summed E-state index contributed by atoms with van der Waals surface area (Å²) in [5.41, 5.74) is 2.66. The van der Waals surface area contributed by atoms with Gasteiger partial charge < -0.3 is 10.0 Å². The molecule has 0 radical (unpaired) electrons. The fraction of sp³-hybridized carbons (Fsp3) is 0.667. The van der Waals surface area contributed by atoms with E-state index in [4.69, 9.17) is 0 Å². The van der Waals surface area contributed by atoms with E-state index in [1.807, 2.05) is 25.1 Å². The van der Waals surface area contributed by atoms with Gasteiger partial charge in [-0.1, -0.05) is 25.0 Å². The predicted octanol–water partition coefficient (Wildman–Crippen LogP) is 2.31. The first-order valence-electron chi connectivity index (χ1n) is 8.89. The highest BCUT2D eigenvalue weighted by atomic mass is 32.2. The number of anilines is 1. The quantitative estimate of drug-likeness (QED) is 0.903. The minimum atomic E-state index is -3.26. The van der Waals surface area contributed by atoms with Gasteiger partial charge in [-0.25, -0.2) is 8.42 Å². The van der Waals surface area contributed by atoms with Gasteiger partial charge in [0.05, 0.1) is 18.0 Å². The van der Waals surface area contributed by atoms with E-state index < -0.39 is 16.1 Å². The lowest BCUT2D eigenvalue weighted by Crippen LogP contribution is -2.34. The molecule has 2 aliphatic heterocycles. The number of rotatable bonds is 4. The highest BCUT2D eigenvalue weighted by molar-refractivity contribution is 7.92. The Morgan fingerprint density at radius 3 is 2.50 bits per heavy atom. The highest BCUT2D eigenvalue weighted by Crippen LogP contribution is 2.35. The normalized spacial score (nSPS) is 23.8. The summed E-state index contributed by atoms with van der Waals surface area (Å²) in [4.78, 5) is 2.34. The molecule has 0 aromatic heterocycles. The van der Waals surface area contributed by atoms with Crippen LogP contribution in [-0.4, -0.2) is 50.4 Å². The molecule has 2 heterocycles. The number of likely N-dealkylation sites (tertiary alicyclic amines) is 1. The highest BCUT2D eigenvalue weighted by Gasteiger charge is 2.32. The van der Waals surface area contributed by atoms with Crippen molar-refractivity contribution in [3.05, 3.63) is 29.3 Å². The standard InChI is InChI=1S/C18H28N2O3S/c1-14-11-16-12-15(7-8-17(16)20(14)24(2,22)23)18(21)13-19-9-5-3-4-6-10-19/h7-8,12,14,18,21H,3-6,9-11,13H2,1-2H3/t14-,18+/m1/s1. The van der Waals surface area contributed by atoms with Gasteiger partial charge in [-0.05, 0) is 56.5 Å². The minimum absolute atomic E-state index is 0.0620. The van der Waals surface area contributed by atoms with E-state index in [0.29, 0.717) is 13.0 Å². The maximum atomic E-state index is 12.0. The van der Waals surface area contributed by atoms with Crippen molar-refractivity contribution in [1.82, 2.24) is 4.90 Å². The topological polar surface area (TPSA) is 60.9 Å². The largest absolute Gasteiger partial charge is 0.387 e. The lowest BCUT2D eigenvalue weighted by atomic mass is 10.0. The van der Waals surface area contributed by atoms with Crippen molar-refractivity contribution in [2.45, 2.75) is 51.2 Å². The third-order valence-electron chi connectivity index (χ3n) is 5.13. The molecule has 3 rings (SSSR count). The van der Waals surface area contributed by atoms with Gasteiger partial charge in [0.2, 0.25) is 10.0 Å². The molecule has 1 fully saturated rings. The summed E-state index contributed by atoms with van der Waals surface area (Å²) in [7, 11) is -3.26. The van der Waals surface area contributed by atoms with Crippen LogP contribution >= 0.6 is 0 Å². The van der Waals surface area contributed by atoms with Crippen LogP contribution in [-0.2, 0) is 16.4 Å². The van der Waals surface area contributed by atoms with Crippen molar-refractivity contribution in [2.24, 2.45) is 0 Å². The second kappa shape index (κ2) is 7.02. The number of benzene rings is 1. The van der Waals surface area contributed by atoms with Crippen LogP contribution in [0, 0.1) is 0 Å². The number of hydrogen-bond donors (Lipinski definition) is 1. The van der Waals surface area contributed by atoms with Gasteiger partial charge >= 0.3 is 0 Å². The summed E-state index contributed by atoms with van der Waals surface area (Å²) in [6.07, 6.45) is 6.41. The molecule has 5 nitrogen and oxygen atoms in total. The van der Waals surface area contributed by atoms with Crippen LogP contribution in [0.25, 0.3) is 0 Å². The molecular weight excluding hydrogens is 324 g/mol. The van der Waals surface area contributed by atoms with Crippen molar-refractivity contribution in [3.63, 3.8) is 0 Å². The molecule has 0 bridgehead atoms. The Labute approximate surface area is 145 Å². The SMILES string of the molecule is C[C@@H]1Cc2cc([C@@H](O)CN3CCCCCC3)ccc2N1S(C)(=O)=O. The Kier molecular flexibility index (Phi) is 5.18. The zero-order valence-electron chi connectivity index (χ0n) is 14.6. The fourth-order valence-electron chi connectivity index (χ4n) is 4.00. The van der Waals surface area contributed by atoms with Crippen LogP contribution in [0.1, 0.15) is 49.8 Å². The maximum Gasteiger partial charge on any atom is 0.232 e. The molecule has 0 aliphatic carbocycles. The monoisotopic (exact) mass is 352 g/mol. The molecular formula is C18H28N2O3S. The fourth-order valence-corrected chi connectivity index (χ4v) is 5.27. The summed E-state index contributed by atoms with van der Waals surface area (Å²) < 4.78 is 25.5. The van der Waals surface area contributed by atoms with Gasteiger partial charge in [-0.2, -0.15) is 0 Å². The van der Waals surface area contributed by atoms with Gasteiger partial charge in [0.15, 0.2) is 0 Å². The van der Waals surface area contributed by atoms with E-state index in [-0.39, 0.29) is 6.04 Å². The molecule has 24 heavy (non-hydrogen) atoms. The first-order chi connectivity index (χ1) is 11.4. The van der Waals surface area contributed by atoms with E-state index in [9.17, 15) is 13.5 Å². The Bertz CT molecular complexity index is 682. The van der Waals surface area contributed by atoms with Crippen molar-refractivity contribution in [3.8, 4) is 0 Å². The number of aliphatic hydroxyl groups excluding tert-OH is 1. The lowest BCUT2D eigenvalue weighted by molar-refractivity contribution is 0.115. The predicted molar refractivity (Wildman–Crippen MR) is 96.8 cm³/mol. The average molecular weight is 352 g/mol. The molecule has 1 aromatic carbocycles. The Morgan fingerprint density at radius 1 is 1.21 bits per heavy atom.